The zero-order valence-electron chi connectivity index (χ0n) is 16.1. The highest BCUT2D eigenvalue weighted by molar-refractivity contribution is 14.0. The van der Waals surface area contributed by atoms with Crippen LogP contribution in [0.5, 0.6) is 0 Å². The molecule has 28 heavy (non-hydrogen) atoms. The van der Waals surface area contributed by atoms with Crippen LogP contribution in [0.2, 0.25) is 0 Å². The molecule has 0 bridgehead atoms. The van der Waals surface area contributed by atoms with Gasteiger partial charge >= 0.3 is 6.09 Å². The number of amides is 1. The van der Waals surface area contributed by atoms with Crippen LogP contribution in [-0.2, 0) is 11.3 Å². The summed E-state index contributed by atoms with van der Waals surface area (Å²) < 4.78 is 4.59. The third kappa shape index (κ3) is 5.99. The van der Waals surface area contributed by atoms with Crippen molar-refractivity contribution in [3.8, 4) is 0 Å². The maximum atomic E-state index is 11.2. The fourth-order valence-electron chi connectivity index (χ4n) is 2.98. The summed E-state index contributed by atoms with van der Waals surface area (Å²) in [7, 11) is 3.16. The highest BCUT2D eigenvalue weighted by Gasteiger charge is 2.20. The van der Waals surface area contributed by atoms with Crippen molar-refractivity contribution in [2.45, 2.75) is 6.54 Å². The number of thiophene rings is 1. The minimum Gasteiger partial charge on any atom is -0.453 e. The fourth-order valence-corrected chi connectivity index (χ4v) is 3.76. The van der Waals surface area contributed by atoms with E-state index >= 15 is 0 Å². The Morgan fingerprint density at radius 2 is 1.89 bits per heavy atom. The fraction of sp³-hybridized carbons (Fsp3) is 0.368. The van der Waals surface area contributed by atoms with Gasteiger partial charge in [-0.15, -0.1) is 35.3 Å². The molecule has 0 saturated carbocycles. The number of methoxy groups -OCH3 is 1. The number of guanidine groups is 1. The summed E-state index contributed by atoms with van der Waals surface area (Å²) in [5.41, 5.74) is 1.82. The lowest BCUT2D eigenvalue weighted by Gasteiger charge is -2.37. The van der Waals surface area contributed by atoms with E-state index in [2.05, 4.69) is 47.7 Å². The molecule has 9 heteroatoms. The Bertz CT molecular complexity index is 759. The summed E-state index contributed by atoms with van der Waals surface area (Å²) >= 11 is 1.79. The molecule has 2 aromatic rings. The van der Waals surface area contributed by atoms with Gasteiger partial charge in [0.05, 0.1) is 12.1 Å². The number of hydrogen-bond donors (Lipinski definition) is 2. The summed E-state index contributed by atoms with van der Waals surface area (Å²) in [5.74, 6) is 0.914. The normalized spacial score (nSPS) is 14.3. The number of benzene rings is 1. The van der Waals surface area contributed by atoms with Crippen molar-refractivity contribution >= 4 is 58.1 Å². The van der Waals surface area contributed by atoms with E-state index in [9.17, 15) is 4.79 Å². The minimum absolute atomic E-state index is 0. The number of aliphatic imine (C=N–C) groups is 1. The van der Waals surface area contributed by atoms with Crippen molar-refractivity contribution in [2.75, 3.05) is 50.6 Å². The highest BCUT2D eigenvalue weighted by Crippen LogP contribution is 2.22. The molecule has 2 N–H and O–H groups in total. The van der Waals surface area contributed by atoms with Crippen LogP contribution >= 0.6 is 35.3 Å². The summed E-state index contributed by atoms with van der Waals surface area (Å²) in [6.45, 7) is 4.56. The summed E-state index contributed by atoms with van der Waals surface area (Å²) in [5, 5.41) is 9.52. The molecule has 0 radical (unpaired) electrons. The second kappa shape index (κ2) is 11.1. The zero-order chi connectivity index (χ0) is 19.1. The van der Waals surface area contributed by atoms with Gasteiger partial charge in [-0.05, 0) is 35.2 Å². The standard InChI is InChI=1S/C19H25N5O2S.HI/c1-20-18(24-11-9-23(10-12-24)17-4-3-13-27-17)21-14-15-5-7-16(8-6-15)22-19(25)26-2;/h3-8,13H,9-12,14H2,1-2H3,(H,20,21)(H,22,25);1H. The smallest absolute Gasteiger partial charge is 0.411 e. The van der Waals surface area contributed by atoms with Gasteiger partial charge in [-0.2, -0.15) is 0 Å². The first kappa shape index (κ1) is 22.3. The quantitative estimate of drug-likeness (QED) is 0.371. The number of carbonyl (C=O) groups is 1. The summed E-state index contributed by atoms with van der Waals surface area (Å²) in [6, 6.07) is 11.9. The molecule has 1 aromatic heterocycles. The number of nitrogens with zero attached hydrogens (tertiary/aromatic N) is 3. The number of ether oxygens (including phenoxy) is 1. The molecular formula is C19H26IN5O2S. The van der Waals surface area contributed by atoms with E-state index in [1.54, 1.807) is 11.3 Å². The van der Waals surface area contributed by atoms with Crippen LogP contribution < -0.4 is 15.5 Å². The van der Waals surface area contributed by atoms with Gasteiger partial charge in [-0.3, -0.25) is 10.3 Å². The van der Waals surface area contributed by atoms with Crippen molar-refractivity contribution < 1.29 is 9.53 Å². The first-order valence-corrected chi connectivity index (χ1v) is 9.75. The molecule has 1 fully saturated rings. The number of rotatable bonds is 4. The molecule has 1 amide bonds. The first-order valence-electron chi connectivity index (χ1n) is 8.87. The van der Waals surface area contributed by atoms with E-state index in [-0.39, 0.29) is 24.0 Å². The van der Waals surface area contributed by atoms with E-state index < -0.39 is 6.09 Å². The molecule has 1 aliphatic heterocycles. The van der Waals surface area contributed by atoms with Gasteiger partial charge in [0.1, 0.15) is 0 Å². The molecule has 1 aliphatic rings. The van der Waals surface area contributed by atoms with Crippen LogP contribution in [-0.4, -0.2) is 57.3 Å². The first-order chi connectivity index (χ1) is 13.2. The molecule has 1 saturated heterocycles. The second-order valence-electron chi connectivity index (χ2n) is 6.14. The molecule has 7 nitrogen and oxygen atoms in total. The maximum absolute atomic E-state index is 11.2. The van der Waals surface area contributed by atoms with Crippen LogP contribution in [0, 0.1) is 0 Å². The molecular weight excluding hydrogens is 489 g/mol. The Labute approximate surface area is 186 Å². The lowest BCUT2D eigenvalue weighted by Crippen LogP contribution is -2.52. The molecule has 2 heterocycles. The SMILES string of the molecule is CN=C(NCc1ccc(NC(=O)OC)cc1)N1CCN(c2cccs2)CC1.I. The third-order valence-electron chi connectivity index (χ3n) is 4.45. The Hall–Kier alpha value is -2.01. The van der Waals surface area contributed by atoms with Gasteiger partial charge in [-0.25, -0.2) is 4.79 Å². The van der Waals surface area contributed by atoms with Crippen molar-refractivity contribution in [1.82, 2.24) is 10.2 Å². The largest absolute Gasteiger partial charge is 0.453 e. The van der Waals surface area contributed by atoms with Crippen LogP contribution in [0.15, 0.2) is 46.8 Å². The van der Waals surface area contributed by atoms with E-state index in [1.807, 2.05) is 31.3 Å². The predicted molar refractivity (Wildman–Crippen MR) is 126 cm³/mol. The van der Waals surface area contributed by atoms with Crippen LogP contribution in [0.1, 0.15) is 5.56 Å². The Kier molecular flexibility index (Phi) is 8.84. The summed E-state index contributed by atoms with van der Waals surface area (Å²) in [6.07, 6.45) is -0.469. The third-order valence-corrected chi connectivity index (χ3v) is 5.37. The lowest BCUT2D eigenvalue weighted by molar-refractivity contribution is 0.187. The van der Waals surface area contributed by atoms with Gasteiger partial charge in [0, 0.05) is 45.5 Å². The monoisotopic (exact) mass is 515 g/mol. The molecule has 1 aromatic carbocycles. The van der Waals surface area contributed by atoms with Crippen LogP contribution in [0.25, 0.3) is 0 Å². The van der Waals surface area contributed by atoms with Crippen molar-refractivity contribution in [2.24, 2.45) is 4.99 Å². The molecule has 0 spiro atoms. The highest BCUT2D eigenvalue weighted by atomic mass is 127. The molecule has 152 valence electrons. The number of nitrogens with one attached hydrogen (secondary N) is 2. The average Bonchev–Trinajstić information content (AvgIpc) is 3.25. The van der Waals surface area contributed by atoms with Gasteiger partial charge in [0.15, 0.2) is 5.96 Å². The van der Waals surface area contributed by atoms with E-state index in [1.165, 1.54) is 12.1 Å². The van der Waals surface area contributed by atoms with E-state index in [4.69, 9.17) is 0 Å². The Balaban J connectivity index is 0.00000280. The van der Waals surface area contributed by atoms with Crippen molar-refractivity contribution in [1.29, 1.82) is 0 Å². The minimum atomic E-state index is -0.469. The number of hydrogen-bond acceptors (Lipinski definition) is 5. The van der Waals surface area contributed by atoms with Gasteiger partial charge < -0.3 is 19.9 Å². The maximum Gasteiger partial charge on any atom is 0.411 e. The number of carbonyl (C=O) groups excluding carboxylic acids is 1. The van der Waals surface area contributed by atoms with Gasteiger partial charge in [0.25, 0.3) is 0 Å². The zero-order valence-corrected chi connectivity index (χ0v) is 19.2. The predicted octanol–water partition coefficient (Wildman–Crippen LogP) is 3.44. The number of halogens is 1. The van der Waals surface area contributed by atoms with Crippen molar-refractivity contribution in [3.05, 3.63) is 47.3 Å². The Morgan fingerprint density at radius 1 is 1.18 bits per heavy atom. The van der Waals surface area contributed by atoms with Crippen LogP contribution in [0.4, 0.5) is 15.5 Å². The topological polar surface area (TPSA) is 69.2 Å². The Morgan fingerprint density at radius 3 is 2.46 bits per heavy atom. The number of piperazine rings is 1. The molecule has 0 unspecified atom stereocenters. The number of anilines is 2. The van der Waals surface area contributed by atoms with Gasteiger partial charge in [-0.1, -0.05) is 12.1 Å². The van der Waals surface area contributed by atoms with Crippen LogP contribution in [0.3, 0.4) is 0 Å². The van der Waals surface area contributed by atoms with E-state index in [0.717, 1.165) is 37.7 Å². The summed E-state index contributed by atoms with van der Waals surface area (Å²) in [4.78, 5) is 20.4. The average molecular weight is 515 g/mol. The molecule has 0 atom stereocenters. The second-order valence-corrected chi connectivity index (χ2v) is 7.07. The van der Waals surface area contributed by atoms with Crippen molar-refractivity contribution in [3.63, 3.8) is 0 Å². The lowest BCUT2D eigenvalue weighted by atomic mass is 10.2. The van der Waals surface area contributed by atoms with Gasteiger partial charge in [0.2, 0.25) is 0 Å². The molecule has 0 aliphatic carbocycles. The molecule has 3 rings (SSSR count). The van der Waals surface area contributed by atoms with E-state index in [0.29, 0.717) is 12.2 Å².